The Morgan fingerprint density at radius 3 is 2.38 bits per heavy atom. The van der Waals surface area contributed by atoms with Gasteiger partial charge < -0.3 is 10.6 Å². The van der Waals surface area contributed by atoms with Gasteiger partial charge in [0.05, 0.1) is 10.6 Å². The van der Waals surface area contributed by atoms with E-state index in [1.165, 1.54) is 24.3 Å². The summed E-state index contributed by atoms with van der Waals surface area (Å²) in [5.41, 5.74) is 5.84. The Labute approximate surface area is 174 Å². The molecule has 1 aliphatic heterocycles. The molecular weight excluding hydrogens is 410 g/mol. The monoisotopic (exact) mass is 431 g/mol. The van der Waals surface area contributed by atoms with Crippen LogP contribution in [0, 0.1) is 0 Å². The Morgan fingerprint density at radius 1 is 1.14 bits per heavy atom. The number of amides is 1. The van der Waals surface area contributed by atoms with Gasteiger partial charge in [0, 0.05) is 11.3 Å². The Kier molecular flexibility index (Phi) is 5.44. The predicted molar refractivity (Wildman–Crippen MR) is 117 cm³/mol. The number of fused-ring (bicyclic) bond motifs is 1. The molecule has 1 heterocycles. The van der Waals surface area contributed by atoms with Crippen molar-refractivity contribution >= 4 is 50.3 Å². The second-order valence-electron chi connectivity index (χ2n) is 7.56. The smallest absolute Gasteiger partial charge is 0.276 e. The maximum absolute atomic E-state index is 12.3. The fourth-order valence-corrected chi connectivity index (χ4v) is 3.40. The molecule has 2 aromatic carbocycles. The lowest BCUT2D eigenvalue weighted by Crippen LogP contribution is -2.27. The number of hydrogen-bond acceptors (Lipinski definition) is 5. The van der Waals surface area contributed by atoms with E-state index < -0.39 is 10.0 Å². The molecule has 10 heteroatoms. The third kappa shape index (κ3) is 4.78. The second-order valence-corrected chi connectivity index (χ2v) is 9.53. The summed E-state index contributed by atoms with van der Waals surface area (Å²) in [6, 6.07) is 11.5. The molecule has 2 aromatic rings. The van der Waals surface area contributed by atoms with Crippen LogP contribution in [0.1, 0.15) is 31.9 Å². The van der Waals surface area contributed by atoms with Crippen LogP contribution in [0.15, 0.2) is 52.5 Å². The van der Waals surface area contributed by atoms with E-state index >= 15 is 0 Å². The van der Waals surface area contributed by atoms with Crippen LogP contribution in [0.3, 0.4) is 0 Å². The number of anilines is 2. The van der Waals surface area contributed by atoms with Gasteiger partial charge >= 0.3 is 0 Å². The molecule has 0 atom stereocenters. The van der Waals surface area contributed by atoms with Crippen LogP contribution in [-0.2, 0) is 20.2 Å². The SMILES string of the molecule is CC(C)(C)c1ccc2c(c1)C(=NNC(=S)Nc1ccc(S(N)(=O)=O)cc1)C(=O)N2. The van der Waals surface area contributed by atoms with Crippen LogP contribution >= 0.6 is 12.2 Å². The zero-order chi connectivity index (χ0) is 21.4. The third-order valence-corrected chi connectivity index (χ3v) is 5.44. The molecule has 0 radical (unpaired) electrons. The van der Waals surface area contributed by atoms with E-state index in [-0.39, 0.29) is 27.0 Å². The normalized spacial score (nSPS) is 15.0. The van der Waals surface area contributed by atoms with Crippen LogP contribution in [0.4, 0.5) is 11.4 Å². The van der Waals surface area contributed by atoms with Crippen LogP contribution in [0.5, 0.6) is 0 Å². The Morgan fingerprint density at radius 2 is 1.79 bits per heavy atom. The van der Waals surface area contributed by atoms with Gasteiger partial charge in [-0.25, -0.2) is 13.6 Å². The van der Waals surface area contributed by atoms with E-state index in [9.17, 15) is 13.2 Å². The van der Waals surface area contributed by atoms with Crippen molar-refractivity contribution in [3.05, 3.63) is 53.6 Å². The third-order valence-electron chi connectivity index (χ3n) is 4.31. The van der Waals surface area contributed by atoms with Crippen molar-refractivity contribution in [2.75, 3.05) is 10.6 Å². The molecule has 1 aliphatic rings. The number of rotatable bonds is 3. The van der Waals surface area contributed by atoms with Crippen molar-refractivity contribution in [1.82, 2.24) is 5.43 Å². The molecule has 29 heavy (non-hydrogen) atoms. The molecule has 0 saturated heterocycles. The Hall–Kier alpha value is -2.82. The molecule has 3 rings (SSSR count). The number of nitrogens with two attached hydrogens (primary N) is 1. The van der Waals surface area contributed by atoms with E-state index in [1.54, 1.807) is 0 Å². The topological polar surface area (TPSA) is 126 Å². The first kappa shape index (κ1) is 20.9. The first-order chi connectivity index (χ1) is 13.4. The average Bonchev–Trinajstić information content (AvgIpc) is 2.93. The van der Waals surface area contributed by atoms with Crippen molar-refractivity contribution in [1.29, 1.82) is 0 Å². The Balaban J connectivity index is 1.75. The highest BCUT2D eigenvalue weighted by Gasteiger charge is 2.28. The summed E-state index contributed by atoms with van der Waals surface area (Å²) in [4.78, 5) is 12.3. The van der Waals surface area contributed by atoms with Gasteiger partial charge in [0.25, 0.3) is 5.91 Å². The van der Waals surface area contributed by atoms with E-state index in [2.05, 4.69) is 41.9 Å². The highest BCUT2D eigenvalue weighted by atomic mass is 32.2. The maximum atomic E-state index is 12.3. The molecule has 1 amide bonds. The number of hydrazone groups is 1. The average molecular weight is 432 g/mol. The number of sulfonamides is 1. The molecule has 8 nitrogen and oxygen atoms in total. The van der Waals surface area contributed by atoms with Gasteiger partial charge in [-0.2, -0.15) is 5.10 Å². The van der Waals surface area contributed by atoms with Crippen LogP contribution in [0.25, 0.3) is 0 Å². The molecule has 0 aromatic heterocycles. The first-order valence-corrected chi connectivity index (χ1v) is 10.6. The highest BCUT2D eigenvalue weighted by molar-refractivity contribution is 7.89. The summed E-state index contributed by atoms with van der Waals surface area (Å²) >= 11 is 5.20. The number of benzene rings is 2. The molecule has 5 N–H and O–H groups in total. The van der Waals surface area contributed by atoms with Crippen LogP contribution in [-0.4, -0.2) is 25.1 Å². The number of nitrogens with zero attached hydrogens (tertiary/aromatic N) is 1. The molecule has 0 bridgehead atoms. The van der Waals surface area contributed by atoms with E-state index in [4.69, 9.17) is 17.4 Å². The maximum Gasteiger partial charge on any atom is 0.276 e. The fourth-order valence-electron chi connectivity index (χ4n) is 2.72. The molecule has 0 fully saturated rings. The summed E-state index contributed by atoms with van der Waals surface area (Å²) in [5.74, 6) is -0.320. The van der Waals surface area contributed by atoms with Crippen molar-refractivity contribution in [2.45, 2.75) is 31.1 Å². The zero-order valence-electron chi connectivity index (χ0n) is 16.1. The summed E-state index contributed by atoms with van der Waals surface area (Å²) in [6.45, 7) is 6.27. The van der Waals surface area contributed by atoms with Gasteiger partial charge in [-0.15, -0.1) is 0 Å². The van der Waals surface area contributed by atoms with Crippen LogP contribution in [0.2, 0.25) is 0 Å². The highest BCUT2D eigenvalue weighted by Crippen LogP contribution is 2.30. The van der Waals surface area contributed by atoms with E-state index in [1.807, 2.05) is 18.2 Å². The molecular formula is C19H21N5O3S2. The molecule has 152 valence electrons. The minimum absolute atomic E-state index is 0.00365. The van der Waals surface area contributed by atoms with Crippen molar-refractivity contribution in [2.24, 2.45) is 10.2 Å². The minimum Gasteiger partial charge on any atom is -0.331 e. The van der Waals surface area contributed by atoms with E-state index in [0.717, 1.165) is 5.56 Å². The lowest BCUT2D eigenvalue weighted by atomic mass is 9.86. The van der Waals surface area contributed by atoms with Crippen molar-refractivity contribution in [3.8, 4) is 0 Å². The van der Waals surface area contributed by atoms with Gasteiger partial charge in [-0.1, -0.05) is 26.8 Å². The number of carbonyl (C=O) groups is 1. The first-order valence-electron chi connectivity index (χ1n) is 8.69. The molecule has 0 spiro atoms. The van der Waals surface area contributed by atoms with Gasteiger partial charge in [0.1, 0.15) is 0 Å². The van der Waals surface area contributed by atoms with Gasteiger partial charge in [0.2, 0.25) is 10.0 Å². The lowest BCUT2D eigenvalue weighted by molar-refractivity contribution is -0.110. The molecule has 0 unspecified atom stereocenters. The van der Waals surface area contributed by atoms with Crippen LogP contribution < -0.4 is 21.2 Å². The van der Waals surface area contributed by atoms with Gasteiger partial charge in [-0.3, -0.25) is 10.2 Å². The van der Waals surface area contributed by atoms with E-state index in [0.29, 0.717) is 16.9 Å². The van der Waals surface area contributed by atoms with Gasteiger partial charge in [-0.05, 0) is 59.6 Å². The second kappa shape index (κ2) is 7.54. The standard InChI is InChI=1S/C19H21N5O3S2/c1-19(2,3)11-4-9-15-14(10-11)16(17(25)22-15)23-24-18(28)21-12-5-7-13(8-6-12)29(20,26)27/h4-10H,1-3H3,(H2,20,26,27)(H2,21,24,28)(H,22,23,25). The number of nitrogens with one attached hydrogen (secondary N) is 3. The summed E-state index contributed by atoms with van der Waals surface area (Å²) in [5, 5.41) is 15.0. The largest absolute Gasteiger partial charge is 0.331 e. The van der Waals surface area contributed by atoms with Crippen molar-refractivity contribution in [3.63, 3.8) is 0 Å². The summed E-state index contributed by atoms with van der Waals surface area (Å²) in [7, 11) is -3.76. The van der Waals surface area contributed by atoms with Gasteiger partial charge in [0.15, 0.2) is 10.8 Å². The summed E-state index contributed by atoms with van der Waals surface area (Å²) < 4.78 is 22.6. The zero-order valence-corrected chi connectivity index (χ0v) is 17.7. The lowest BCUT2D eigenvalue weighted by Gasteiger charge is -2.19. The number of primary sulfonamides is 1. The number of carbonyl (C=O) groups excluding carboxylic acids is 1. The predicted octanol–water partition coefficient (Wildman–Crippen LogP) is 2.27. The number of hydrogen-bond donors (Lipinski definition) is 4. The number of thiocarbonyl (C=S) groups is 1. The van der Waals surface area contributed by atoms with Crippen molar-refractivity contribution < 1.29 is 13.2 Å². The quantitative estimate of drug-likeness (QED) is 0.436. The fraction of sp³-hybridized carbons (Fsp3) is 0.211. The molecule has 0 aliphatic carbocycles. The Bertz CT molecular complexity index is 1120. The summed E-state index contributed by atoms with van der Waals surface area (Å²) in [6.07, 6.45) is 0. The molecule has 0 saturated carbocycles. The minimum atomic E-state index is -3.76.